The van der Waals surface area contributed by atoms with Gasteiger partial charge in [-0.3, -0.25) is 14.4 Å². The van der Waals surface area contributed by atoms with Crippen molar-refractivity contribution in [1.82, 2.24) is 14.7 Å². The van der Waals surface area contributed by atoms with Crippen LogP contribution in [0.5, 0.6) is 0 Å². The van der Waals surface area contributed by atoms with Gasteiger partial charge < -0.3 is 24.5 Å². The van der Waals surface area contributed by atoms with Gasteiger partial charge in [-0.25, -0.2) is 0 Å². The summed E-state index contributed by atoms with van der Waals surface area (Å²) in [6.07, 6.45) is 4.71. The molecule has 1 N–H and O–H groups in total. The quantitative estimate of drug-likeness (QED) is 0.255. The number of ether oxygens (including phenoxy) is 1. The second kappa shape index (κ2) is 13.9. The Morgan fingerprint density at radius 2 is 1.35 bits per heavy atom. The van der Waals surface area contributed by atoms with Gasteiger partial charge in [-0.1, -0.05) is 103 Å². The van der Waals surface area contributed by atoms with E-state index in [0.717, 1.165) is 16.7 Å². The molecule has 6 atom stereocenters. The lowest BCUT2D eigenvalue weighted by molar-refractivity contribution is -0.156. The maximum absolute atomic E-state index is 15.0. The van der Waals surface area contributed by atoms with E-state index >= 15 is 0 Å². The summed E-state index contributed by atoms with van der Waals surface area (Å²) < 4.78 is 6.95. The Hall–Kier alpha value is -4.53. The molecule has 6 rings (SSSR count). The smallest absolute Gasteiger partial charge is 0.249 e. The summed E-state index contributed by atoms with van der Waals surface area (Å²) in [6, 6.07) is 27.4. The highest BCUT2D eigenvalue weighted by atomic mass is 16.5. The Morgan fingerprint density at radius 3 is 1.85 bits per heavy atom. The third kappa shape index (κ3) is 5.99. The SMILES string of the molecule is C=CCN(Cc1ccccc1)C(=O)C1N([C@@H](CO)Cc2ccccc2)C(=O)[C@@H]2[C@H](C(=O)N(CC=C)Cc3ccccc3)[C@]3(C)CCC12O3. The monoisotopic (exact) mass is 647 g/mol. The number of nitrogens with zero attached hydrogens (tertiary/aromatic N) is 3. The normalized spacial score (nSPS) is 26.2. The van der Waals surface area contributed by atoms with Crippen LogP contribution in [0.15, 0.2) is 116 Å². The Kier molecular flexibility index (Phi) is 9.67. The first kappa shape index (κ1) is 33.4. The first-order valence-electron chi connectivity index (χ1n) is 16.8. The zero-order valence-electron chi connectivity index (χ0n) is 27.6. The number of fused-ring (bicyclic) bond motifs is 1. The van der Waals surface area contributed by atoms with Crippen LogP contribution in [0.4, 0.5) is 0 Å². The van der Waals surface area contributed by atoms with Crippen LogP contribution in [0.3, 0.4) is 0 Å². The molecule has 0 aliphatic carbocycles. The Morgan fingerprint density at radius 1 is 0.854 bits per heavy atom. The van der Waals surface area contributed by atoms with E-state index in [9.17, 15) is 19.5 Å². The molecule has 250 valence electrons. The van der Waals surface area contributed by atoms with E-state index in [-0.39, 0.29) is 30.9 Å². The predicted octanol–water partition coefficient (Wildman–Crippen LogP) is 4.78. The molecule has 8 nitrogen and oxygen atoms in total. The minimum absolute atomic E-state index is 0.190. The number of rotatable bonds is 14. The Balaban J connectivity index is 1.42. The number of aliphatic hydroxyl groups excluding tert-OH is 1. The van der Waals surface area contributed by atoms with Crippen LogP contribution in [-0.4, -0.2) is 80.5 Å². The molecule has 3 aromatic rings. The number of benzene rings is 3. The zero-order chi connectivity index (χ0) is 33.9. The van der Waals surface area contributed by atoms with Crippen molar-refractivity contribution in [3.8, 4) is 0 Å². The molecule has 3 aliphatic heterocycles. The third-order valence-electron chi connectivity index (χ3n) is 10.4. The van der Waals surface area contributed by atoms with Gasteiger partial charge in [-0.05, 0) is 42.9 Å². The average molecular weight is 648 g/mol. The summed E-state index contributed by atoms with van der Waals surface area (Å²) in [5.41, 5.74) is 0.680. The zero-order valence-corrected chi connectivity index (χ0v) is 27.6. The summed E-state index contributed by atoms with van der Waals surface area (Å²) >= 11 is 0. The molecule has 0 saturated carbocycles. The highest BCUT2D eigenvalue weighted by Gasteiger charge is 2.78. The van der Waals surface area contributed by atoms with E-state index in [1.54, 1.807) is 26.9 Å². The van der Waals surface area contributed by atoms with Gasteiger partial charge in [0.1, 0.15) is 11.6 Å². The fourth-order valence-electron chi connectivity index (χ4n) is 8.30. The number of amides is 3. The van der Waals surface area contributed by atoms with E-state index in [1.165, 1.54) is 0 Å². The minimum atomic E-state index is -1.23. The molecule has 8 heteroatoms. The van der Waals surface area contributed by atoms with E-state index in [0.29, 0.717) is 38.9 Å². The van der Waals surface area contributed by atoms with Crippen LogP contribution < -0.4 is 0 Å². The first-order valence-corrected chi connectivity index (χ1v) is 16.8. The average Bonchev–Trinajstić information content (AvgIpc) is 3.68. The van der Waals surface area contributed by atoms with Crippen LogP contribution in [0.25, 0.3) is 0 Å². The lowest BCUT2D eigenvalue weighted by Gasteiger charge is -2.39. The summed E-state index contributed by atoms with van der Waals surface area (Å²) in [5, 5.41) is 10.9. The van der Waals surface area contributed by atoms with E-state index < -0.39 is 35.1 Å². The first-order chi connectivity index (χ1) is 23.3. The number of aliphatic hydroxyl groups is 1. The van der Waals surface area contributed by atoms with Gasteiger partial charge in [0.25, 0.3) is 0 Å². The van der Waals surface area contributed by atoms with E-state index in [4.69, 9.17) is 4.74 Å². The molecule has 0 aromatic heterocycles. The van der Waals surface area contributed by atoms with Gasteiger partial charge in [-0.2, -0.15) is 0 Å². The minimum Gasteiger partial charge on any atom is -0.394 e. The number of carbonyl (C=O) groups excluding carboxylic acids is 3. The summed E-state index contributed by atoms with van der Waals surface area (Å²) in [4.78, 5) is 49.6. The van der Waals surface area contributed by atoms with E-state index in [2.05, 4.69) is 13.2 Å². The van der Waals surface area contributed by atoms with Crippen LogP contribution in [-0.2, 0) is 38.6 Å². The Bertz CT molecular complexity index is 1630. The highest BCUT2D eigenvalue weighted by molar-refractivity contribution is 5.99. The van der Waals surface area contributed by atoms with Gasteiger partial charge in [0.05, 0.1) is 30.1 Å². The van der Waals surface area contributed by atoms with Crippen molar-refractivity contribution < 1.29 is 24.2 Å². The van der Waals surface area contributed by atoms with Crippen molar-refractivity contribution in [2.24, 2.45) is 11.8 Å². The lowest BCUT2D eigenvalue weighted by Crippen LogP contribution is -2.59. The van der Waals surface area contributed by atoms with Crippen molar-refractivity contribution >= 4 is 17.7 Å². The molecule has 3 aliphatic rings. The van der Waals surface area contributed by atoms with Crippen LogP contribution in [0, 0.1) is 11.8 Å². The number of likely N-dealkylation sites (tertiary alicyclic amines) is 1. The molecule has 2 unspecified atom stereocenters. The van der Waals surface area contributed by atoms with Crippen molar-refractivity contribution in [1.29, 1.82) is 0 Å². The summed E-state index contributed by atoms with van der Waals surface area (Å²) in [7, 11) is 0. The molecular weight excluding hydrogens is 602 g/mol. The van der Waals surface area contributed by atoms with Crippen LogP contribution in [0.2, 0.25) is 0 Å². The fraction of sp³-hybridized carbons (Fsp3) is 0.375. The summed E-state index contributed by atoms with van der Waals surface area (Å²) in [6.45, 7) is 10.6. The van der Waals surface area contributed by atoms with Crippen molar-refractivity contribution in [2.75, 3.05) is 19.7 Å². The Labute approximate surface area is 283 Å². The largest absolute Gasteiger partial charge is 0.394 e. The molecule has 2 bridgehead atoms. The molecule has 0 radical (unpaired) electrons. The molecule has 3 saturated heterocycles. The predicted molar refractivity (Wildman–Crippen MR) is 184 cm³/mol. The third-order valence-corrected chi connectivity index (χ3v) is 10.4. The maximum atomic E-state index is 15.0. The number of hydrogen-bond acceptors (Lipinski definition) is 5. The molecular formula is C40H45N3O5. The fourth-order valence-corrected chi connectivity index (χ4v) is 8.30. The number of carbonyl (C=O) groups is 3. The second-order valence-electron chi connectivity index (χ2n) is 13.5. The van der Waals surface area contributed by atoms with Gasteiger partial charge >= 0.3 is 0 Å². The van der Waals surface area contributed by atoms with Gasteiger partial charge in [0, 0.05) is 26.2 Å². The molecule has 3 aromatic carbocycles. The van der Waals surface area contributed by atoms with Crippen molar-refractivity contribution in [3.63, 3.8) is 0 Å². The molecule has 3 amide bonds. The molecule has 48 heavy (non-hydrogen) atoms. The second-order valence-corrected chi connectivity index (χ2v) is 13.5. The van der Waals surface area contributed by atoms with Gasteiger partial charge in [0.15, 0.2) is 0 Å². The summed E-state index contributed by atoms with van der Waals surface area (Å²) in [5.74, 6) is -2.47. The van der Waals surface area contributed by atoms with Gasteiger partial charge in [0.2, 0.25) is 17.7 Å². The van der Waals surface area contributed by atoms with Crippen LogP contribution in [0.1, 0.15) is 36.5 Å². The number of hydrogen-bond donors (Lipinski definition) is 1. The van der Waals surface area contributed by atoms with Gasteiger partial charge in [-0.15, -0.1) is 13.2 Å². The van der Waals surface area contributed by atoms with Crippen molar-refractivity contribution in [2.45, 2.75) is 62.6 Å². The molecule has 1 spiro atoms. The molecule has 3 fully saturated rings. The lowest BCUT2D eigenvalue weighted by atomic mass is 9.66. The standard InChI is InChI=1S/C40H45N3O5/c1-4-23-41(26-30-17-11-7-12-18-30)36(45)33-34-37(46)43(32(28-44)25-29-15-9-6-10-16-29)35(40(34)22-21-39(33,3)48-40)38(47)42(24-5-2)27-31-19-13-8-14-20-31/h4-20,32-35,44H,1-2,21-28H2,3H3/t32-,33-,34+,35?,39+,40?/m1/s1. The van der Waals surface area contributed by atoms with Crippen molar-refractivity contribution in [3.05, 3.63) is 133 Å². The topological polar surface area (TPSA) is 90.4 Å². The maximum Gasteiger partial charge on any atom is 0.249 e. The molecule has 3 heterocycles. The highest BCUT2D eigenvalue weighted by Crippen LogP contribution is 2.64. The van der Waals surface area contributed by atoms with Crippen LogP contribution >= 0.6 is 0 Å². The van der Waals surface area contributed by atoms with E-state index in [1.807, 2.05) is 97.9 Å².